The first kappa shape index (κ1) is 15.5. The van der Waals surface area contributed by atoms with Crippen LogP contribution in [0.15, 0.2) is 12.7 Å². The summed E-state index contributed by atoms with van der Waals surface area (Å²) in [4.78, 5) is 26.1. The second-order valence-corrected chi connectivity index (χ2v) is 4.70. The van der Waals surface area contributed by atoms with Crippen LogP contribution in [0.3, 0.4) is 0 Å². The van der Waals surface area contributed by atoms with E-state index in [0.717, 1.165) is 19.3 Å². The molecule has 2 N–H and O–H groups in total. The summed E-state index contributed by atoms with van der Waals surface area (Å²) >= 11 is 0. The molecular formula is C13H22N2O4. The second-order valence-electron chi connectivity index (χ2n) is 4.70. The molecule has 6 nitrogen and oxygen atoms in total. The van der Waals surface area contributed by atoms with Gasteiger partial charge in [-0.3, -0.25) is 4.79 Å². The van der Waals surface area contributed by atoms with Crippen LogP contribution >= 0.6 is 0 Å². The van der Waals surface area contributed by atoms with Crippen molar-refractivity contribution in [1.29, 1.82) is 0 Å². The fourth-order valence-corrected chi connectivity index (χ4v) is 2.43. The minimum absolute atomic E-state index is 0.112. The maximum Gasteiger partial charge on any atom is 0.323 e. The summed E-state index contributed by atoms with van der Waals surface area (Å²) in [7, 11) is 0. The number of amides is 2. The molecule has 1 saturated heterocycles. The van der Waals surface area contributed by atoms with Gasteiger partial charge < -0.3 is 20.0 Å². The zero-order valence-corrected chi connectivity index (χ0v) is 11.1. The third kappa shape index (κ3) is 4.55. The van der Waals surface area contributed by atoms with Gasteiger partial charge in [-0.2, -0.15) is 0 Å². The molecule has 1 unspecified atom stereocenters. The van der Waals surface area contributed by atoms with Gasteiger partial charge in [0.15, 0.2) is 0 Å². The number of likely N-dealkylation sites (tertiary alicyclic amines) is 1. The number of carbonyl (C=O) groups is 2. The first-order chi connectivity index (χ1) is 9.10. The van der Waals surface area contributed by atoms with E-state index in [1.165, 1.54) is 11.0 Å². The first-order valence-electron chi connectivity index (χ1n) is 6.59. The number of carbonyl (C=O) groups excluding carboxylic acids is 1. The fraction of sp³-hybridized carbons (Fsp3) is 0.692. The number of aliphatic hydroxyl groups is 1. The highest BCUT2D eigenvalue weighted by Crippen LogP contribution is 2.22. The lowest BCUT2D eigenvalue weighted by molar-refractivity contribution is -0.137. The minimum atomic E-state index is -1.03. The molecule has 1 fully saturated rings. The standard InChI is InChI=1S/C13H22N2O4/c1-2-7-14(10-12(17)18)13(19)15-8-3-5-11(15)6-4-9-16/h2,11,16H,1,3-10H2,(H,17,18). The van der Waals surface area contributed by atoms with Crippen molar-refractivity contribution in [1.82, 2.24) is 9.80 Å². The van der Waals surface area contributed by atoms with Gasteiger partial charge in [-0.15, -0.1) is 6.58 Å². The number of rotatable bonds is 7. The maximum absolute atomic E-state index is 12.3. The monoisotopic (exact) mass is 270 g/mol. The van der Waals surface area contributed by atoms with Gasteiger partial charge in [0.2, 0.25) is 0 Å². The molecule has 0 saturated carbocycles. The number of carboxylic acid groups (broad SMARTS) is 1. The first-order valence-corrected chi connectivity index (χ1v) is 6.59. The molecule has 0 aliphatic carbocycles. The molecule has 0 spiro atoms. The Morgan fingerprint density at radius 2 is 2.21 bits per heavy atom. The third-order valence-electron chi connectivity index (χ3n) is 3.26. The van der Waals surface area contributed by atoms with E-state index in [1.807, 2.05) is 0 Å². The number of carboxylic acids is 1. The molecule has 1 heterocycles. The Balaban J connectivity index is 2.65. The lowest BCUT2D eigenvalue weighted by atomic mass is 10.1. The Kier molecular flexibility index (Phi) is 6.35. The van der Waals surface area contributed by atoms with Crippen LogP contribution in [0.25, 0.3) is 0 Å². The smallest absolute Gasteiger partial charge is 0.323 e. The number of urea groups is 1. The quantitative estimate of drug-likeness (QED) is 0.674. The third-order valence-corrected chi connectivity index (χ3v) is 3.26. The Bertz CT molecular complexity index is 333. The summed E-state index contributed by atoms with van der Waals surface area (Å²) in [6, 6.07) is -0.136. The molecule has 0 bridgehead atoms. The van der Waals surface area contributed by atoms with Crippen molar-refractivity contribution in [2.24, 2.45) is 0 Å². The molecule has 2 amide bonds. The van der Waals surface area contributed by atoms with Crippen LogP contribution in [0.4, 0.5) is 4.79 Å². The molecule has 108 valence electrons. The summed E-state index contributed by atoms with van der Waals surface area (Å²) in [5, 5.41) is 17.7. The zero-order valence-electron chi connectivity index (χ0n) is 11.1. The predicted molar refractivity (Wildman–Crippen MR) is 70.8 cm³/mol. The van der Waals surface area contributed by atoms with Gasteiger partial charge in [0.25, 0.3) is 0 Å². The molecule has 19 heavy (non-hydrogen) atoms. The van der Waals surface area contributed by atoms with Gasteiger partial charge >= 0.3 is 12.0 Å². The SMILES string of the molecule is C=CCN(CC(=O)O)C(=O)N1CCCC1CCCO. The summed E-state index contributed by atoms with van der Waals surface area (Å²) < 4.78 is 0. The normalized spacial score (nSPS) is 18.4. The van der Waals surface area contributed by atoms with Crippen LogP contribution in [0.1, 0.15) is 25.7 Å². The van der Waals surface area contributed by atoms with Crippen molar-refractivity contribution >= 4 is 12.0 Å². The van der Waals surface area contributed by atoms with Crippen LogP contribution in [-0.4, -0.2) is 64.3 Å². The minimum Gasteiger partial charge on any atom is -0.480 e. The molecule has 0 aromatic rings. The van der Waals surface area contributed by atoms with Crippen molar-refractivity contribution < 1.29 is 19.8 Å². The molecule has 1 aliphatic rings. The van der Waals surface area contributed by atoms with Crippen LogP contribution in [-0.2, 0) is 4.79 Å². The van der Waals surface area contributed by atoms with Crippen molar-refractivity contribution in [2.45, 2.75) is 31.7 Å². The highest BCUT2D eigenvalue weighted by molar-refractivity contribution is 5.80. The molecule has 1 rings (SSSR count). The van der Waals surface area contributed by atoms with E-state index >= 15 is 0 Å². The number of aliphatic carboxylic acids is 1. The Labute approximate surface area is 113 Å². The second kappa shape index (κ2) is 7.78. The Hall–Kier alpha value is -1.56. The van der Waals surface area contributed by atoms with Gasteiger partial charge in [0, 0.05) is 25.7 Å². The summed E-state index contributed by atoms with van der Waals surface area (Å²) in [6.07, 6.45) is 4.79. The van der Waals surface area contributed by atoms with E-state index in [4.69, 9.17) is 10.2 Å². The van der Waals surface area contributed by atoms with E-state index in [0.29, 0.717) is 13.0 Å². The largest absolute Gasteiger partial charge is 0.480 e. The van der Waals surface area contributed by atoms with E-state index in [2.05, 4.69) is 6.58 Å². The van der Waals surface area contributed by atoms with Gasteiger partial charge in [0.1, 0.15) is 6.54 Å². The summed E-state index contributed by atoms with van der Waals surface area (Å²) in [5.74, 6) is -1.03. The zero-order chi connectivity index (χ0) is 14.3. The maximum atomic E-state index is 12.3. The van der Waals surface area contributed by atoms with Crippen LogP contribution < -0.4 is 0 Å². The van der Waals surface area contributed by atoms with E-state index in [1.54, 1.807) is 4.90 Å². The van der Waals surface area contributed by atoms with Gasteiger partial charge in [0.05, 0.1) is 0 Å². The fourth-order valence-electron chi connectivity index (χ4n) is 2.43. The Morgan fingerprint density at radius 3 is 2.79 bits per heavy atom. The summed E-state index contributed by atoms with van der Waals surface area (Å²) in [6.45, 7) is 4.24. The van der Waals surface area contributed by atoms with Gasteiger partial charge in [-0.1, -0.05) is 6.08 Å². The van der Waals surface area contributed by atoms with Crippen molar-refractivity contribution in [3.8, 4) is 0 Å². The average molecular weight is 270 g/mol. The lowest BCUT2D eigenvalue weighted by Crippen LogP contribution is -2.47. The Morgan fingerprint density at radius 1 is 1.47 bits per heavy atom. The van der Waals surface area contributed by atoms with Crippen LogP contribution in [0.5, 0.6) is 0 Å². The number of nitrogens with zero attached hydrogens (tertiary/aromatic N) is 2. The number of aliphatic hydroxyl groups excluding tert-OH is 1. The molecule has 0 aromatic carbocycles. The molecular weight excluding hydrogens is 248 g/mol. The predicted octanol–water partition coefficient (Wildman–Crippen LogP) is 0.916. The van der Waals surface area contributed by atoms with Gasteiger partial charge in [-0.05, 0) is 25.7 Å². The van der Waals surface area contributed by atoms with Crippen LogP contribution in [0, 0.1) is 0 Å². The molecule has 6 heteroatoms. The molecule has 1 aliphatic heterocycles. The van der Waals surface area contributed by atoms with Crippen molar-refractivity contribution in [3.63, 3.8) is 0 Å². The number of hydrogen-bond acceptors (Lipinski definition) is 3. The highest BCUT2D eigenvalue weighted by Gasteiger charge is 2.31. The lowest BCUT2D eigenvalue weighted by Gasteiger charge is -2.30. The molecule has 0 aromatic heterocycles. The van der Waals surface area contributed by atoms with Gasteiger partial charge in [-0.25, -0.2) is 4.79 Å². The average Bonchev–Trinajstić information content (AvgIpc) is 2.82. The van der Waals surface area contributed by atoms with E-state index in [-0.39, 0.29) is 31.8 Å². The van der Waals surface area contributed by atoms with E-state index < -0.39 is 5.97 Å². The molecule has 1 atom stereocenters. The molecule has 0 radical (unpaired) electrons. The number of hydrogen-bond donors (Lipinski definition) is 2. The van der Waals surface area contributed by atoms with Crippen molar-refractivity contribution in [2.75, 3.05) is 26.2 Å². The summed E-state index contributed by atoms with van der Waals surface area (Å²) in [5.41, 5.74) is 0. The van der Waals surface area contributed by atoms with Crippen molar-refractivity contribution in [3.05, 3.63) is 12.7 Å². The van der Waals surface area contributed by atoms with Crippen LogP contribution in [0.2, 0.25) is 0 Å². The topological polar surface area (TPSA) is 81.1 Å². The van der Waals surface area contributed by atoms with E-state index in [9.17, 15) is 9.59 Å². The highest BCUT2D eigenvalue weighted by atomic mass is 16.4.